The van der Waals surface area contributed by atoms with Crippen molar-refractivity contribution >= 4 is 5.97 Å². The summed E-state index contributed by atoms with van der Waals surface area (Å²) in [5.74, 6) is 1.22. The fourth-order valence-electron chi connectivity index (χ4n) is 1.45. The molecule has 2 aromatic heterocycles. The Hall–Kier alpha value is -2.15. The summed E-state index contributed by atoms with van der Waals surface area (Å²) >= 11 is 0. The average Bonchev–Trinajstić information content (AvgIpc) is 2.99. The Labute approximate surface area is 104 Å². The van der Waals surface area contributed by atoms with Gasteiger partial charge in [-0.15, -0.1) is 10.2 Å². The molecule has 0 amide bonds. The highest BCUT2D eigenvalue weighted by Crippen LogP contribution is 2.08. The van der Waals surface area contributed by atoms with Gasteiger partial charge in [0.1, 0.15) is 17.9 Å². The minimum absolute atomic E-state index is 0.202. The second-order valence-electron chi connectivity index (χ2n) is 3.72. The molecular weight excluding hydrogens is 236 g/mol. The molecule has 7 nitrogen and oxygen atoms in total. The third kappa shape index (κ3) is 2.75. The van der Waals surface area contributed by atoms with E-state index in [1.165, 1.54) is 7.11 Å². The molecule has 0 aliphatic heterocycles. The molecule has 1 N–H and O–H groups in total. The SMILES string of the molecule is COC(=O)c1ccc(CNCc2nncn2C)o1. The van der Waals surface area contributed by atoms with Crippen LogP contribution in [0.4, 0.5) is 0 Å². The minimum Gasteiger partial charge on any atom is -0.463 e. The number of nitrogens with zero attached hydrogens (tertiary/aromatic N) is 3. The zero-order valence-corrected chi connectivity index (χ0v) is 10.2. The minimum atomic E-state index is -0.477. The summed E-state index contributed by atoms with van der Waals surface area (Å²) in [6, 6.07) is 3.32. The van der Waals surface area contributed by atoms with Crippen LogP contribution in [0.2, 0.25) is 0 Å². The Balaban J connectivity index is 1.85. The fourth-order valence-corrected chi connectivity index (χ4v) is 1.45. The van der Waals surface area contributed by atoms with Crippen LogP contribution in [0.15, 0.2) is 22.9 Å². The first kappa shape index (κ1) is 12.3. The largest absolute Gasteiger partial charge is 0.463 e. The third-order valence-corrected chi connectivity index (χ3v) is 2.44. The van der Waals surface area contributed by atoms with Gasteiger partial charge >= 0.3 is 5.97 Å². The van der Waals surface area contributed by atoms with Gasteiger partial charge in [-0.1, -0.05) is 0 Å². The van der Waals surface area contributed by atoms with Crippen molar-refractivity contribution in [1.29, 1.82) is 0 Å². The fraction of sp³-hybridized carbons (Fsp3) is 0.364. The van der Waals surface area contributed by atoms with Gasteiger partial charge in [0.15, 0.2) is 0 Å². The van der Waals surface area contributed by atoms with Crippen molar-refractivity contribution in [2.24, 2.45) is 7.05 Å². The van der Waals surface area contributed by atoms with Crippen LogP contribution in [0.25, 0.3) is 0 Å². The molecule has 0 bridgehead atoms. The van der Waals surface area contributed by atoms with Crippen molar-refractivity contribution < 1.29 is 13.9 Å². The zero-order chi connectivity index (χ0) is 13.0. The van der Waals surface area contributed by atoms with Crippen LogP contribution in [0.1, 0.15) is 22.1 Å². The Bertz CT molecular complexity index is 532. The average molecular weight is 250 g/mol. The first-order valence-electron chi connectivity index (χ1n) is 5.41. The maximum atomic E-state index is 11.2. The standard InChI is InChI=1S/C11H14N4O3/c1-15-7-13-14-10(15)6-12-5-8-3-4-9(18-8)11(16)17-2/h3-4,7,12H,5-6H2,1-2H3. The number of esters is 1. The Morgan fingerprint density at radius 2 is 2.33 bits per heavy atom. The summed E-state index contributed by atoms with van der Waals surface area (Å²) < 4.78 is 11.7. The lowest BCUT2D eigenvalue weighted by atomic mass is 10.4. The molecule has 2 aromatic rings. The summed E-state index contributed by atoms with van der Waals surface area (Å²) in [4.78, 5) is 11.2. The number of aryl methyl sites for hydroxylation is 1. The summed E-state index contributed by atoms with van der Waals surface area (Å²) in [7, 11) is 3.19. The zero-order valence-electron chi connectivity index (χ0n) is 10.2. The van der Waals surface area contributed by atoms with Gasteiger partial charge in [-0.2, -0.15) is 0 Å². The normalized spacial score (nSPS) is 10.6. The monoisotopic (exact) mass is 250 g/mol. The first-order chi connectivity index (χ1) is 8.70. The van der Waals surface area contributed by atoms with Crippen LogP contribution in [0, 0.1) is 0 Å². The Morgan fingerprint density at radius 3 is 3.00 bits per heavy atom. The molecular formula is C11H14N4O3. The van der Waals surface area contributed by atoms with Gasteiger partial charge in [0, 0.05) is 7.05 Å². The van der Waals surface area contributed by atoms with Crippen LogP contribution in [0.3, 0.4) is 0 Å². The molecule has 96 valence electrons. The van der Waals surface area contributed by atoms with E-state index in [0.717, 1.165) is 5.82 Å². The number of carbonyl (C=O) groups excluding carboxylic acids is 1. The molecule has 0 aromatic carbocycles. The van der Waals surface area contributed by atoms with Crippen molar-refractivity contribution in [3.05, 3.63) is 35.8 Å². The van der Waals surface area contributed by atoms with Gasteiger partial charge < -0.3 is 19.0 Å². The lowest BCUT2D eigenvalue weighted by Gasteiger charge is -2.01. The number of aromatic nitrogens is 3. The Kier molecular flexibility index (Phi) is 3.73. The summed E-state index contributed by atoms with van der Waals surface area (Å²) in [5.41, 5.74) is 0. The van der Waals surface area contributed by atoms with E-state index in [1.54, 1.807) is 18.5 Å². The maximum Gasteiger partial charge on any atom is 0.373 e. The van der Waals surface area contributed by atoms with Crippen LogP contribution >= 0.6 is 0 Å². The maximum absolute atomic E-state index is 11.2. The first-order valence-corrected chi connectivity index (χ1v) is 5.41. The lowest BCUT2D eigenvalue weighted by molar-refractivity contribution is 0.0563. The van der Waals surface area contributed by atoms with E-state index in [2.05, 4.69) is 20.3 Å². The quantitative estimate of drug-likeness (QED) is 0.777. The highest BCUT2D eigenvalue weighted by atomic mass is 16.5. The molecule has 18 heavy (non-hydrogen) atoms. The molecule has 2 heterocycles. The molecule has 2 rings (SSSR count). The van der Waals surface area contributed by atoms with Crippen LogP contribution in [-0.2, 0) is 24.9 Å². The number of methoxy groups -OCH3 is 1. The van der Waals surface area contributed by atoms with Gasteiger partial charge in [-0.05, 0) is 12.1 Å². The number of rotatable bonds is 5. The molecule has 0 radical (unpaired) electrons. The molecule has 0 atom stereocenters. The van der Waals surface area contributed by atoms with Gasteiger partial charge in [0.2, 0.25) is 5.76 Å². The third-order valence-electron chi connectivity index (χ3n) is 2.44. The molecule has 0 spiro atoms. The van der Waals surface area contributed by atoms with Crippen molar-refractivity contribution in [2.45, 2.75) is 13.1 Å². The number of carbonyl (C=O) groups is 1. The van der Waals surface area contributed by atoms with E-state index in [9.17, 15) is 4.79 Å². The van der Waals surface area contributed by atoms with E-state index >= 15 is 0 Å². The molecule has 0 fully saturated rings. The Morgan fingerprint density at radius 1 is 1.50 bits per heavy atom. The second-order valence-corrected chi connectivity index (χ2v) is 3.72. The van der Waals surface area contributed by atoms with Crippen LogP contribution in [-0.4, -0.2) is 27.8 Å². The molecule has 0 saturated heterocycles. The van der Waals surface area contributed by atoms with Crippen molar-refractivity contribution in [3.8, 4) is 0 Å². The van der Waals surface area contributed by atoms with Gasteiger partial charge in [0.25, 0.3) is 0 Å². The lowest BCUT2D eigenvalue weighted by Crippen LogP contribution is -2.15. The number of ether oxygens (including phenoxy) is 1. The number of nitrogens with one attached hydrogen (secondary N) is 1. The van der Waals surface area contributed by atoms with E-state index in [-0.39, 0.29) is 5.76 Å². The topological polar surface area (TPSA) is 82.2 Å². The smallest absolute Gasteiger partial charge is 0.373 e. The van der Waals surface area contributed by atoms with Crippen LogP contribution < -0.4 is 5.32 Å². The highest BCUT2D eigenvalue weighted by molar-refractivity contribution is 5.86. The van der Waals surface area contributed by atoms with Crippen molar-refractivity contribution in [3.63, 3.8) is 0 Å². The molecule has 7 heteroatoms. The number of hydrogen-bond acceptors (Lipinski definition) is 6. The van der Waals surface area contributed by atoms with E-state index in [4.69, 9.17) is 4.42 Å². The predicted molar refractivity (Wildman–Crippen MR) is 61.6 cm³/mol. The molecule has 0 saturated carbocycles. The molecule has 0 unspecified atom stereocenters. The molecule has 0 aliphatic carbocycles. The van der Waals surface area contributed by atoms with Gasteiger partial charge in [-0.3, -0.25) is 0 Å². The van der Waals surface area contributed by atoms with Gasteiger partial charge in [-0.25, -0.2) is 4.79 Å². The van der Waals surface area contributed by atoms with E-state index in [1.807, 2.05) is 11.6 Å². The van der Waals surface area contributed by atoms with Crippen LogP contribution in [0.5, 0.6) is 0 Å². The number of hydrogen-bond donors (Lipinski definition) is 1. The van der Waals surface area contributed by atoms with Crippen molar-refractivity contribution in [2.75, 3.05) is 7.11 Å². The second kappa shape index (κ2) is 5.46. The summed E-state index contributed by atoms with van der Waals surface area (Å²) in [5, 5.41) is 10.9. The predicted octanol–water partition coefficient (Wildman–Crippen LogP) is 0.484. The number of furan rings is 1. The van der Waals surface area contributed by atoms with Gasteiger partial charge in [0.05, 0.1) is 20.2 Å². The summed E-state index contributed by atoms with van der Waals surface area (Å²) in [6.07, 6.45) is 1.64. The van der Waals surface area contributed by atoms with E-state index in [0.29, 0.717) is 18.8 Å². The van der Waals surface area contributed by atoms with Crippen molar-refractivity contribution in [1.82, 2.24) is 20.1 Å². The highest BCUT2D eigenvalue weighted by Gasteiger charge is 2.10. The molecule has 0 aliphatic rings. The van der Waals surface area contributed by atoms with E-state index < -0.39 is 5.97 Å². The summed E-state index contributed by atoms with van der Waals surface area (Å²) in [6.45, 7) is 1.08.